The van der Waals surface area contributed by atoms with E-state index in [2.05, 4.69) is 21.9 Å². The lowest BCUT2D eigenvalue weighted by atomic mass is 10.0. The number of aromatic nitrogens is 4. The van der Waals surface area contributed by atoms with Gasteiger partial charge < -0.3 is 29.4 Å². The zero-order chi connectivity index (χ0) is 30.8. The summed E-state index contributed by atoms with van der Waals surface area (Å²) in [6, 6.07) is 0. The molecule has 4 N–H and O–H groups in total. The van der Waals surface area contributed by atoms with E-state index in [0.717, 1.165) is 19.3 Å². The van der Waals surface area contributed by atoms with Crippen LogP contribution in [0.1, 0.15) is 111 Å². The molecular formula is C29H54N5O7P. The lowest BCUT2D eigenvalue weighted by Gasteiger charge is -2.25. The van der Waals surface area contributed by atoms with Gasteiger partial charge in [-0.05, 0) is 19.8 Å². The number of hydrogen-bond acceptors (Lipinski definition) is 9. The number of unbranched alkanes of at least 4 members (excludes halogenated alkanes) is 11. The summed E-state index contributed by atoms with van der Waals surface area (Å²) in [7, 11) is -2.63. The van der Waals surface area contributed by atoms with Crippen LogP contribution in [-0.2, 0) is 29.8 Å². The topological polar surface area (TPSA) is 164 Å². The van der Waals surface area contributed by atoms with Crippen molar-refractivity contribution in [2.24, 2.45) is 0 Å². The van der Waals surface area contributed by atoms with Crippen LogP contribution in [0.3, 0.4) is 0 Å². The molecule has 4 atom stereocenters. The number of imidazole rings is 1. The Kier molecular flexibility index (Phi) is 17.5. The van der Waals surface area contributed by atoms with Crippen molar-refractivity contribution in [3.05, 3.63) is 16.7 Å². The van der Waals surface area contributed by atoms with Gasteiger partial charge in [0.15, 0.2) is 17.5 Å². The highest BCUT2D eigenvalue weighted by atomic mass is 31.2. The Morgan fingerprint density at radius 1 is 1.05 bits per heavy atom. The molecule has 2 aromatic heterocycles. The van der Waals surface area contributed by atoms with Crippen molar-refractivity contribution in [1.29, 1.82) is 0 Å². The highest BCUT2D eigenvalue weighted by molar-refractivity contribution is 7.52. The standard InChI is InChI=1S/C29H54N5O7P/c1-5-7-8-9-10-11-12-13-14-15-16-17-18-23(3)40-25(6-2)41-42(36,37)22-39-24(20-38-4)19-34-21-31-26-27(34)32-29(30)33-28(26)35/h21,23-25H,5-20,22H2,1-4H3,(H,36,37)(H3,30,32,33,35)/t23?,24-,25?/m0/s1. The van der Waals surface area contributed by atoms with Gasteiger partial charge in [-0.3, -0.25) is 18.9 Å². The fourth-order valence-electron chi connectivity index (χ4n) is 4.87. The van der Waals surface area contributed by atoms with Crippen LogP contribution in [0.25, 0.3) is 11.2 Å². The molecule has 2 rings (SSSR count). The first-order chi connectivity index (χ1) is 20.2. The number of anilines is 1. The van der Waals surface area contributed by atoms with E-state index in [4.69, 9.17) is 24.5 Å². The average Bonchev–Trinajstić information content (AvgIpc) is 3.34. The third-order valence-corrected chi connectivity index (χ3v) is 8.22. The van der Waals surface area contributed by atoms with E-state index in [1.165, 1.54) is 77.6 Å². The van der Waals surface area contributed by atoms with E-state index in [9.17, 15) is 14.3 Å². The molecule has 0 aromatic carbocycles. The zero-order valence-corrected chi connectivity index (χ0v) is 27.0. The molecule has 13 heteroatoms. The quantitative estimate of drug-likeness (QED) is 0.0673. The summed E-state index contributed by atoms with van der Waals surface area (Å²) in [5, 5.41) is 0. The van der Waals surface area contributed by atoms with Gasteiger partial charge in [-0.15, -0.1) is 0 Å². The maximum Gasteiger partial charge on any atom is 0.355 e. The molecule has 0 saturated carbocycles. The second kappa shape index (κ2) is 20.2. The molecule has 0 fully saturated rings. The average molecular weight is 616 g/mol. The SMILES string of the molecule is CCCCCCCCCCCCCCC(C)OC(CC)OP(=O)(O)CO[C@H](COC)Cn1cnc2c(=O)[nH]c(N)nc21. The van der Waals surface area contributed by atoms with E-state index < -0.39 is 31.9 Å². The summed E-state index contributed by atoms with van der Waals surface area (Å²) in [6.45, 7) is 6.37. The number of ether oxygens (including phenoxy) is 3. The Hall–Kier alpha value is -1.82. The predicted octanol–water partition coefficient (Wildman–Crippen LogP) is 6.13. The Morgan fingerprint density at radius 2 is 1.67 bits per heavy atom. The number of hydrogen-bond donors (Lipinski definition) is 3. The van der Waals surface area contributed by atoms with E-state index in [0.29, 0.717) is 6.42 Å². The third-order valence-electron chi connectivity index (χ3n) is 7.18. The van der Waals surface area contributed by atoms with Crippen molar-refractivity contribution >= 4 is 24.7 Å². The minimum absolute atomic E-state index is 0.0367. The van der Waals surface area contributed by atoms with Crippen molar-refractivity contribution in [1.82, 2.24) is 19.5 Å². The van der Waals surface area contributed by atoms with Crippen LogP contribution in [-0.4, -0.2) is 63.0 Å². The summed E-state index contributed by atoms with van der Waals surface area (Å²) in [6.07, 6.45) is 16.2. The molecule has 242 valence electrons. The molecule has 0 bridgehead atoms. The monoisotopic (exact) mass is 615 g/mol. The van der Waals surface area contributed by atoms with Gasteiger partial charge in [0.2, 0.25) is 5.95 Å². The Labute approximate surface area is 250 Å². The van der Waals surface area contributed by atoms with Gasteiger partial charge in [-0.1, -0.05) is 90.9 Å². The molecule has 0 radical (unpaired) electrons. The number of rotatable bonds is 25. The Bertz CT molecular complexity index is 1110. The molecule has 42 heavy (non-hydrogen) atoms. The molecule has 0 amide bonds. The van der Waals surface area contributed by atoms with E-state index >= 15 is 0 Å². The van der Waals surface area contributed by atoms with Crippen LogP contribution < -0.4 is 11.3 Å². The van der Waals surface area contributed by atoms with Gasteiger partial charge in [-0.25, -0.2) is 4.98 Å². The first-order valence-corrected chi connectivity index (χ1v) is 17.4. The molecule has 0 aliphatic heterocycles. The van der Waals surface area contributed by atoms with Gasteiger partial charge in [0.1, 0.15) is 6.35 Å². The molecule has 0 spiro atoms. The van der Waals surface area contributed by atoms with Gasteiger partial charge in [0, 0.05) is 7.11 Å². The number of nitrogens with two attached hydrogens (primary N) is 1. The lowest BCUT2D eigenvalue weighted by Crippen LogP contribution is -2.27. The van der Waals surface area contributed by atoms with E-state index in [1.807, 2.05) is 13.8 Å². The molecule has 2 heterocycles. The summed E-state index contributed by atoms with van der Waals surface area (Å²) in [4.78, 5) is 33.2. The molecule has 12 nitrogen and oxygen atoms in total. The van der Waals surface area contributed by atoms with Crippen molar-refractivity contribution < 1.29 is 28.2 Å². The summed E-state index contributed by atoms with van der Waals surface area (Å²) in [5.74, 6) is -0.0367. The normalized spacial score (nSPS) is 15.5. The maximum atomic E-state index is 12.8. The summed E-state index contributed by atoms with van der Waals surface area (Å²) >= 11 is 0. The predicted molar refractivity (Wildman–Crippen MR) is 165 cm³/mol. The smallest absolute Gasteiger partial charge is 0.355 e. The van der Waals surface area contributed by atoms with E-state index in [-0.39, 0.29) is 36.4 Å². The van der Waals surface area contributed by atoms with Gasteiger partial charge in [0.25, 0.3) is 5.56 Å². The van der Waals surface area contributed by atoms with Crippen molar-refractivity contribution in [2.75, 3.05) is 25.8 Å². The number of H-pyrrole nitrogens is 1. The zero-order valence-electron chi connectivity index (χ0n) is 26.1. The third kappa shape index (κ3) is 14.1. The molecule has 2 aromatic rings. The largest absolute Gasteiger partial charge is 0.382 e. The van der Waals surface area contributed by atoms with Crippen LogP contribution >= 0.6 is 7.60 Å². The first kappa shape index (κ1) is 36.4. The van der Waals surface area contributed by atoms with Crippen molar-refractivity contribution in [3.8, 4) is 0 Å². The lowest BCUT2D eigenvalue weighted by molar-refractivity contribution is -0.123. The van der Waals surface area contributed by atoms with Gasteiger partial charge >= 0.3 is 7.60 Å². The number of methoxy groups -OCH3 is 1. The Balaban J connectivity index is 1.69. The molecule has 3 unspecified atom stereocenters. The number of nitrogens with zero attached hydrogens (tertiary/aromatic N) is 3. The summed E-state index contributed by atoms with van der Waals surface area (Å²) < 4.78 is 36.8. The number of fused-ring (bicyclic) bond motifs is 1. The number of nitrogen functional groups attached to an aromatic ring is 1. The van der Waals surface area contributed by atoms with Crippen LogP contribution in [0.15, 0.2) is 11.1 Å². The van der Waals surface area contributed by atoms with Crippen LogP contribution in [0.4, 0.5) is 5.95 Å². The van der Waals surface area contributed by atoms with E-state index in [1.54, 1.807) is 4.57 Å². The maximum absolute atomic E-state index is 12.8. The van der Waals surface area contributed by atoms with Crippen LogP contribution in [0.5, 0.6) is 0 Å². The fourth-order valence-corrected chi connectivity index (χ4v) is 5.90. The summed E-state index contributed by atoms with van der Waals surface area (Å²) in [5.41, 5.74) is 5.63. The minimum atomic E-state index is -4.13. The van der Waals surface area contributed by atoms with Crippen LogP contribution in [0.2, 0.25) is 0 Å². The van der Waals surface area contributed by atoms with Gasteiger partial charge in [0.05, 0.1) is 31.7 Å². The molecule has 0 saturated heterocycles. The Morgan fingerprint density at radius 3 is 2.26 bits per heavy atom. The van der Waals surface area contributed by atoms with Crippen molar-refractivity contribution in [3.63, 3.8) is 0 Å². The van der Waals surface area contributed by atoms with Crippen LogP contribution in [0, 0.1) is 0 Å². The van der Waals surface area contributed by atoms with Gasteiger partial charge in [-0.2, -0.15) is 4.98 Å². The minimum Gasteiger partial charge on any atom is -0.382 e. The second-order valence-electron chi connectivity index (χ2n) is 11.1. The highest BCUT2D eigenvalue weighted by Crippen LogP contribution is 2.44. The molecular weight excluding hydrogens is 561 g/mol. The first-order valence-electron chi connectivity index (χ1n) is 15.7. The molecule has 0 aliphatic rings. The number of nitrogens with one attached hydrogen (secondary N) is 1. The van der Waals surface area contributed by atoms with Crippen molar-refractivity contribution in [2.45, 2.75) is 136 Å². The fraction of sp³-hybridized carbons (Fsp3) is 0.828. The number of aromatic amines is 1. The molecule has 0 aliphatic carbocycles. The highest BCUT2D eigenvalue weighted by Gasteiger charge is 2.28. The second-order valence-corrected chi connectivity index (χ2v) is 12.8.